The zero-order chi connectivity index (χ0) is 14.0. The molecule has 3 nitrogen and oxygen atoms in total. The third kappa shape index (κ3) is 11.3. The number of nitrogens with one attached hydrogen (secondary N) is 1. The first-order valence-corrected chi connectivity index (χ1v) is 8.11. The van der Waals surface area contributed by atoms with E-state index in [9.17, 15) is 5.11 Å². The molecule has 0 spiro atoms. The minimum absolute atomic E-state index is 0.220. The van der Waals surface area contributed by atoms with Gasteiger partial charge in [0, 0.05) is 24.4 Å². The minimum Gasteiger partial charge on any atom is -0.389 e. The van der Waals surface area contributed by atoms with Gasteiger partial charge in [-0.2, -0.15) is 11.8 Å². The molecule has 0 saturated heterocycles. The lowest BCUT2D eigenvalue weighted by Crippen LogP contribution is -2.38. The Morgan fingerprint density at radius 2 is 2.00 bits per heavy atom. The Bertz CT molecular complexity index is 198. The number of aliphatic hydroxyl groups is 1. The average Bonchev–Trinajstić information content (AvgIpc) is 2.28. The molecule has 0 aliphatic carbocycles. The molecule has 0 aromatic rings. The van der Waals surface area contributed by atoms with Crippen LogP contribution in [-0.2, 0) is 4.74 Å². The van der Waals surface area contributed by atoms with Gasteiger partial charge in [0.25, 0.3) is 0 Å². The molecule has 0 heterocycles. The zero-order valence-corrected chi connectivity index (χ0v) is 13.5. The first-order chi connectivity index (χ1) is 8.37. The molecular formula is C14H31NO2S. The molecule has 18 heavy (non-hydrogen) atoms. The Morgan fingerprint density at radius 3 is 2.56 bits per heavy atom. The maximum atomic E-state index is 9.73. The fourth-order valence-electron chi connectivity index (χ4n) is 1.48. The molecule has 0 aliphatic rings. The van der Waals surface area contributed by atoms with Gasteiger partial charge >= 0.3 is 0 Å². The van der Waals surface area contributed by atoms with Crippen LogP contribution in [0.1, 0.15) is 40.5 Å². The molecule has 0 aromatic heterocycles. The highest BCUT2D eigenvalue weighted by molar-refractivity contribution is 7.99. The maximum Gasteiger partial charge on any atom is 0.0897 e. The van der Waals surface area contributed by atoms with Crippen LogP contribution in [0.3, 0.4) is 0 Å². The summed E-state index contributed by atoms with van der Waals surface area (Å²) < 4.78 is 5.68. The largest absolute Gasteiger partial charge is 0.389 e. The van der Waals surface area contributed by atoms with Gasteiger partial charge in [-0.3, -0.25) is 0 Å². The van der Waals surface area contributed by atoms with Crippen LogP contribution in [0, 0.1) is 5.92 Å². The van der Waals surface area contributed by atoms with E-state index in [4.69, 9.17) is 4.74 Å². The normalized spacial score (nSPS) is 14.2. The molecule has 0 amide bonds. The van der Waals surface area contributed by atoms with Crippen molar-refractivity contribution in [1.82, 2.24) is 5.32 Å². The van der Waals surface area contributed by atoms with Crippen LogP contribution in [0.15, 0.2) is 0 Å². The van der Waals surface area contributed by atoms with Gasteiger partial charge in [0.1, 0.15) is 0 Å². The monoisotopic (exact) mass is 277 g/mol. The summed E-state index contributed by atoms with van der Waals surface area (Å²) in [4.78, 5) is 0. The molecule has 0 aliphatic heterocycles. The Labute approximate surface area is 117 Å². The SMILES string of the molecule is CSC(C)(C)CNCC(O)COCCCC(C)C. The van der Waals surface area contributed by atoms with Crippen molar-refractivity contribution in [1.29, 1.82) is 0 Å². The smallest absolute Gasteiger partial charge is 0.0897 e. The average molecular weight is 277 g/mol. The Balaban J connectivity index is 3.40. The number of ether oxygens (including phenoxy) is 1. The van der Waals surface area contributed by atoms with Gasteiger partial charge < -0.3 is 15.2 Å². The third-order valence-corrected chi connectivity index (χ3v) is 4.11. The van der Waals surface area contributed by atoms with Gasteiger partial charge in [-0.15, -0.1) is 0 Å². The Kier molecular flexibility index (Phi) is 10.2. The van der Waals surface area contributed by atoms with Crippen LogP contribution in [0.4, 0.5) is 0 Å². The van der Waals surface area contributed by atoms with E-state index in [0.29, 0.717) is 13.2 Å². The molecule has 0 rings (SSSR count). The number of hydrogen-bond donors (Lipinski definition) is 2. The van der Waals surface area contributed by atoms with E-state index >= 15 is 0 Å². The second kappa shape index (κ2) is 10.1. The number of aliphatic hydroxyl groups excluding tert-OH is 1. The summed E-state index contributed by atoms with van der Waals surface area (Å²) in [6, 6.07) is 0. The molecule has 0 aromatic carbocycles. The van der Waals surface area contributed by atoms with Crippen molar-refractivity contribution in [3.05, 3.63) is 0 Å². The van der Waals surface area contributed by atoms with Crippen LogP contribution >= 0.6 is 11.8 Å². The lowest BCUT2D eigenvalue weighted by atomic mass is 10.1. The molecule has 0 radical (unpaired) electrons. The molecule has 2 N–H and O–H groups in total. The Morgan fingerprint density at radius 1 is 1.33 bits per heavy atom. The van der Waals surface area contributed by atoms with Crippen molar-refractivity contribution in [2.24, 2.45) is 5.92 Å². The topological polar surface area (TPSA) is 41.5 Å². The molecule has 1 atom stereocenters. The summed E-state index contributed by atoms with van der Waals surface area (Å²) in [6.07, 6.45) is 3.98. The van der Waals surface area contributed by atoms with Gasteiger partial charge in [-0.1, -0.05) is 13.8 Å². The molecule has 0 saturated carbocycles. The predicted molar refractivity (Wildman–Crippen MR) is 81.4 cm³/mol. The highest BCUT2D eigenvalue weighted by Crippen LogP contribution is 2.19. The van der Waals surface area contributed by atoms with Crippen LogP contribution in [-0.4, -0.2) is 48.5 Å². The highest BCUT2D eigenvalue weighted by Gasteiger charge is 2.15. The highest BCUT2D eigenvalue weighted by atomic mass is 32.2. The van der Waals surface area contributed by atoms with E-state index in [1.165, 1.54) is 6.42 Å². The van der Waals surface area contributed by atoms with E-state index in [1.807, 2.05) is 11.8 Å². The van der Waals surface area contributed by atoms with E-state index in [1.54, 1.807) is 0 Å². The van der Waals surface area contributed by atoms with Crippen LogP contribution in [0.5, 0.6) is 0 Å². The minimum atomic E-state index is -0.401. The number of rotatable bonds is 11. The second-order valence-corrected chi connectivity index (χ2v) is 7.37. The van der Waals surface area contributed by atoms with Gasteiger partial charge in [0.2, 0.25) is 0 Å². The summed E-state index contributed by atoms with van der Waals surface area (Å²) in [6.45, 7) is 11.5. The third-order valence-electron chi connectivity index (χ3n) is 2.86. The van der Waals surface area contributed by atoms with Gasteiger partial charge in [-0.05, 0) is 38.9 Å². The lowest BCUT2D eigenvalue weighted by Gasteiger charge is -2.23. The van der Waals surface area contributed by atoms with Crippen LogP contribution < -0.4 is 5.32 Å². The van der Waals surface area contributed by atoms with Gasteiger partial charge in [0.05, 0.1) is 12.7 Å². The van der Waals surface area contributed by atoms with Gasteiger partial charge in [-0.25, -0.2) is 0 Å². The first-order valence-electron chi connectivity index (χ1n) is 6.89. The van der Waals surface area contributed by atoms with Crippen molar-refractivity contribution >= 4 is 11.8 Å². The molecular weight excluding hydrogens is 246 g/mol. The summed E-state index contributed by atoms with van der Waals surface area (Å²) in [5.74, 6) is 0.731. The number of hydrogen-bond acceptors (Lipinski definition) is 4. The second-order valence-electron chi connectivity index (χ2n) is 5.86. The summed E-state index contributed by atoms with van der Waals surface area (Å²) in [5, 5.41) is 13.0. The summed E-state index contributed by atoms with van der Waals surface area (Å²) in [5.41, 5.74) is 0. The van der Waals surface area contributed by atoms with E-state index in [2.05, 4.69) is 39.3 Å². The number of thioether (sulfide) groups is 1. The Hall–Kier alpha value is 0.230. The quantitative estimate of drug-likeness (QED) is 0.570. The van der Waals surface area contributed by atoms with E-state index in [0.717, 1.165) is 25.5 Å². The van der Waals surface area contributed by atoms with Gasteiger partial charge in [0.15, 0.2) is 0 Å². The van der Waals surface area contributed by atoms with Crippen molar-refractivity contribution in [2.75, 3.05) is 32.6 Å². The van der Waals surface area contributed by atoms with Crippen molar-refractivity contribution in [3.63, 3.8) is 0 Å². The van der Waals surface area contributed by atoms with Crippen LogP contribution in [0.2, 0.25) is 0 Å². The molecule has 0 bridgehead atoms. The molecule has 4 heteroatoms. The van der Waals surface area contributed by atoms with Crippen molar-refractivity contribution in [2.45, 2.75) is 51.4 Å². The predicted octanol–water partition coefficient (Wildman–Crippen LogP) is 2.53. The van der Waals surface area contributed by atoms with Crippen LogP contribution in [0.25, 0.3) is 0 Å². The zero-order valence-electron chi connectivity index (χ0n) is 12.7. The molecule has 0 fully saturated rings. The first kappa shape index (κ1) is 18.2. The fraction of sp³-hybridized carbons (Fsp3) is 1.00. The maximum absolute atomic E-state index is 9.73. The summed E-state index contributed by atoms with van der Waals surface area (Å²) in [7, 11) is 0. The van der Waals surface area contributed by atoms with Crippen molar-refractivity contribution < 1.29 is 9.84 Å². The van der Waals surface area contributed by atoms with E-state index < -0.39 is 6.10 Å². The molecule has 1 unspecified atom stereocenters. The van der Waals surface area contributed by atoms with Crippen molar-refractivity contribution in [3.8, 4) is 0 Å². The van der Waals surface area contributed by atoms with E-state index in [-0.39, 0.29) is 4.75 Å². The fourth-order valence-corrected chi connectivity index (χ4v) is 1.73. The summed E-state index contributed by atoms with van der Waals surface area (Å²) >= 11 is 1.83. The molecule has 110 valence electrons. The lowest BCUT2D eigenvalue weighted by molar-refractivity contribution is 0.0347. The standard InChI is InChI=1S/C14H31NO2S/c1-12(2)7-6-8-17-10-13(16)9-15-11-14(3,4)18-5/h12-13,15-16H,6-11H2,1-5H3.